The molecule has 0 N–H and O–H groups in total. The number of hydrogen-bond donors (Lipinski definition) is 0. The van der Waals surface area contributed by atoms with Crippen molar-refractivity contribution in [3.63, 3.8) is 0 Å². The van der Waals surface area contributed by atoms with Crippen LogP contribution in [0, 0.1) is 13.8 Å². The van der Waals surface area contributed by atoms with Crippen molar-refractivity contribution >= 4 is 11.8 Å². The van der Waals surface area contributed by atoms with Crippen molar-refractivity contribution in [3.8, 4) is 0 Å². The topological polar surface area (TPSA) is 43.2 Å². The van der Waals surface area contributed by atoms with E-state index in [1.54, 1.807) is 11.8 Å². The molecule has 2 heterocycles. The van der Waals surface area contributed by atoms with Crippen LogP contribution in [0.4, 0.5) is 0 Å². The van der Waals surface area contributed by atoms with E-state index in [4.69, 9.17) is 4.74 Å². The third kappa shape index (κ3) is 4.63. The highest BCUT2D eigenvalue weighted by molar-refractivity contribution is 7.98. The third-order valence-corrected chi connectivity index (χ3v) is 5.41. The Bertz CT molecular complexity index is 709. The van der Waals surface area contributed by atoms with Gasteiger partial charge in [-0.2, -0.15) is 0 Å². The molecule has 1 aliphatic rings. The Morgan fingerprint density at radius 1 is 1.28 bits per heavy atom. The van der Waals surface area contributed by atoms with Crippen molar-refractivity contribution in [2.24, 2.45) is 0 Å². The van der Waals surface area contributed by atoms with Crippen LogP contribution in [0.3, 0.4) is 0 Å². The molecule has 1 atom stereocenters. The summed E-state index contributed by atoms with van der Waals surface area (Å²) in [5.74, 6) is 1.02. The summed E-state index contributed by atoms with van der Waals surface area (Å²) in [5, 5.41) is 9.79. The van der Waals surface area contributed by atoms with E-state index in [1.807, 2.05) is 0 Å². The first-order valence-electron chi connectivity index (χ1n) is 8.89. The van der Waals surface area contributed by atoms with Gasteiger partial charge in [0.1, 0.15) is 5.82 Å². The summed E-state index contributed by atoms with van der Waals surface area (Å²) < 4.78 is 8.05. The molecule has 0 aliphatic carbocycles. The summed E-state index contributed by atoms with van der Waals surface area (Å²) in [7, 11) is 2.14. The number of rotatable bonds is 7. The molecule has 1 aromatic heterocycles. The first kappa shape index (κ1) is 18.4. The maximum atomic E-state index is 5.81. The summed E-state index contributed by atoms with van der Waals surface area (Å²) in [4.78, 5) is 2.31. The van der Waals surface area contributed by atoms with Gasteiger partial charge < -0.3 is 9.30 Å². The Kier molecular flexibility index (Phi) is 6.15. The van der Waals surface area contributed by atoms with Gasteiger partial charge in [0.25, 0.3) is 0 Å². The molecule has 5 nitrogen and oxygen atoms in total. The predicted octanol–water partition coefficient (Wildman–Crippen LogP) is 3.43. The van der Waals surface area contributed by atoms with Crippen LogP contribution in [0.15, 0.2) is 23.4 Å². The highest BCUT2D eigenvalue weighted by Gasteiger charge is 2.21. The number of ether oxygens (including phenoxy) is 1. The van der Waals surface area contributed by atoms with Gasteiger partial charge in [-0.05, 0) is 51.1 Å². The molecule has 0 radical (unpaired) electrons. The van der Waals surface area contributed by atoms with Crippen molar-refractivity contribution in [3.05, 3.63) is 40.7 Å². The van der Waals surface area contributed by atoms with Crippen LogP contribution in [0.25, 0.3) is 0 Å². The molecule has 0 spiro atoms. The lowest BCUT2D eigenvalue weighted by Gasteiger charge is -2.20. The predicted molar refractivity (Wildman–Crippen MR) is 102 cm³/mol. The van der Waals surface area contributed by atoms with Gasteiger partial charge in [-0.1, -0.05) is 35.5 Å². The van der Waals surface area contributed by atoms with Gasteiger partial charge in [0.15, 0.2) is 5.16 Å². The molecular weight excluding hydrogens is 332 g/mol. The first-order valence-corrected chi connectivity index (χ1v) is 10.1. The number of aromatic nitrogens is 3. The van der Waals surface area contributed by atoms with Gasteiger partial charge in [0.2, 0.25) is 0 Å². The van der Waals surface area contributed by atoms with E-state index < -0.39 is 0 Å². The van der Waals surface area contributed by atoms with Gasteiger partial charge in [-0.25, -0.2) is 0 Å². The Labute approximate surface area is 154 Å². The standard InChI is InChI=1S/C19H28N4OS/c1-14-7-8-15(2)16(10-14)11-22(3)13-18-20-21-19(25-4)23(18)12-17-6-5-9-24-17/h7-8,10,17H,5-6,9,11-13H2,1-4H3/t17-/m1/s1. The van der Waals surface area contributed by atoms with E-state index in [0.717, 1.165) is 50.1 Å². The maximum Gasteiger partial charge on any atom is 0.191 e. The van der Waals surface area contributed by atoms with Crippen LogP contribution in [-0.2, 0) is 24.4 Å². The number of aryl methyl sites for hydroxylation is 2. The second-order valence-corrected chi connectivity index (χ2v) is 7.72. The molecule has 6 heteroatoms. The van der Waals surface area contributed by atoms with Crippen LogP contribution in [-0.4, -0.2) is 45.7 Å². The fraction of sp³-hybridized carbons (Fsp3) is 0.579. The van der Waals surface area contributed by atoms with E-state index in [2.05, 4.69) is 65.0 Å². The number of thioether (sulfide) groups is 1. The van der Waals surface area contributed by atoms with E-state index in [-0.39, 0.29) is 0 Å². The fourth-order valence-corrected chi connectivity index (χ4v) is 3.84. The average Bonchev–Trinajstić information content (AvgIpc) is 3.22. The third-order valence-electron chi connectivity index (χ3n) is 4.74. The van der Waals surface area contributed by atoms with Gasteiger partial charge in [0, 0.05) is 13.2 Å². The highest BCUT2D eigenvalue weighted by Crippen LogP contribution is 2.21. The largest absolute Gasteiger partial charge is 0.376 e. The van der Waals surface area contributed by atoms with Crippen molar-refractivity contribution < 1.29 is 4.74 Å². The second-order valence-electron chi connectivity index (χ2n) is 6.95. The van der Waals surface area contributed by atoms with Gasteiger partial charge in [-0.15, -0.1) is 10.2 Å². The molecule has 1 fully saturated rings. The molecule has 25 heavy (non-hydrogen) atoms. The summed E-state index contributed by atoms with van der Waals surface area (Å²) in [6.45, 7) is 7.75. The molecule has 0 saturated carbocycles. The minimum absolute atomic E-state index is 0.296. The zero-order valence-electron chi connectivity index (χ0n) is 15.7. The van der Waals surface area contributed by atoms with E-state index in [1.165, 1.54) is 16.7 Å². The monoisotopic (exact) mass is 360 g/mol. The molecule has 136 valence electrons. The van der Waals surface area contributed by atoms with Gasteiger partial charge in [-0.3, -0.25) is 4.90 Å². The zero-order chi connectivity index (χ0) is 17.8. The fourth-order valence-electron chi connectivity index (χ4n) is 3.32. The van der Waals surface area contributed by atoms with Crippen molar-refractivity contribution in [1.82, 2.24) is 19.7 Å². The first-order chi connectivity index (χ1) is 12.1. The molecule has 1 aliphatic heterocycles. The highest BCUT2D eigenvalue weighted by atomic mass is 32.2. The smallest absolute Gasteiger partial charge is 0.191 e. The molecule has 1 saturated heterocycles. The van der Waals surface area contributed by atoms with Crippen molar-refractivity contribution in [1.29, 1.82) is 0 Å². The van der Waals surface area contributed by atoms with E-state index >= 15 is 0 Å². The molecule has 0 amide bonds. The SMILES string of the molecule is CSc1nnc(CN(C)Cc2cc(C)ccc2C)n1C[C@H]1CCCO1. The molecule has 0 bridgehead atoms. The maximum absolute atomic E-state index is 5.81. The molecule has 0 unspecified atom stereocenters. The zero-order valence-corrected chi connectivity index (χ0v) is 16.5. The molecule has 1 aromatic carbocycles. The lowest BCUT2D eigenvalue weighted by molar-refractivity contribution is 0.0934. The summed E-state index contributed by atoms with van der Waals surface area (Å²) >= 11 is 1.65. The van der Waals surface area contributed by atoms with Gasteiger partial charge >= 0.3 is 0 Å². The minimum atomic E-state index is 0.296. The molecule has 3 rings (SSSR count). The van der Waals surface area contributed by atoms with Crippen LogP contribution in [0.5, 0.6) is 0 Å². The number of benzene rings is 1. The quantitative estimate of drug-likeness (QED) is 0.708. The van der Waals surface area contributed by atoms with E-state index in [0.29, 0.717) is 6.10 Å². The lowest BCUT2D eigenvalue weighted by Crippen LogP contribution is -2.23. The van der Waals surface area contributed by atoms with Crippen LogP contribution in [0.1, 0.15) is 35.4 Å². The van der Waals surface area contributed by atoms with Crippen LogP contribution in [0.2, 0.25) is 0 Å². The Morgan fingerprint density at radius 2 is 2.12 bits per heavy atom. The lowest BCUT2D eigenvalue weighted by atomic mass is 10.1. The molecular formula is C19H28N4OS. The van der Waals surface area contributed by atoms with Crippen LogP contribution < -0.4 is 0 Å². The Balaban J connectivity index is 1.71. The summed E-state index contributed by atoms with van der Waals surface area (Å²) in [6, 6.07) is 6.64. The number of nitrogens with zero attached hydrogens (tertiary/aromatic N) is 4. The average molecular weight is 361 g/mol. The summed E-state index contributed by atoms with van der Waals surface area (Å²) in [6.07, 6.45) is 4.64. The van der Waals surface area contributed by atoms with Gasteiger partial charge in [0.05, 0.1) is 19.2 Å². The second kappa shape index (κ2) is 8.34. The van der Waals surface area contributed by atoms with Crippen molar-refractivity contribution in [2.45, 2.75) is 57.6 Å². The molecule has 2 aromatic rings. The minimum Gasteiger partial charge on any atom is -0.376 e. The normalized spacial score (nSPS) is 17.6. The van der Waals surface area contributed by atoms with Crippen LogP contribution >= 0.6 is 11.8 Å². The summed E-state index contributed by atoms with van der Waals surface area (Å²) in [5.41, 5.74) is 4.01. The Hall–Kier alpha value is -1.37. The number of hydrogen-bond acceptors (Lipinski definition) is 5. The van der Waals surface area contributed by atoms with E-state index in [9.17, 15) is 0 Å². The Morgan fingerprint density at radius 3 is 2.84 bits per heavy atom. The van der Waals surface area contributed by atoms with Crippen molar-refractivity contribution in [2.75, 3.05) is 19.9 Å².